The molecule has 5 aromatic rings. The maximum atomic E-state index is 4.99. The largest absolute Gasteiger partial charge is 0.232 e. The van der Waals surface area contributed by atoms with Crippen molar-refractivity contribution in [2.45, 2.75) is 20.8 Å². The van der Waals surface area contributed by atoms with E-state index < -0.39 is 0 Å². The quantitative estimate of drug-likeness (QED) is 0.332. The second-order valence-electron chi connectivity index (χ2n) is 7.14. The van der Waals surface area contributed by atoms with E-state index in [4.69, 9.17) is 5.10 Å². The number of aromatic nitrogens is 2. The van der Waals surface area contributed by atoms with Gasteiger partial charge in [-0.05, 0) is 61.0 Å². The number of hydrogen-bond acceptors (Lipinski definition) is 1. The Hall–Kier alpha value is -3.13. The first-order valence-corrected chi connectivity index (χ1v) is 9.01. The standard InChI is InChI=1S/C24H20N2/c1-15-8-4-5-9-18(15)22-14-24-21-13-17(3)16(2)12-20(21)19-10-6-7-11-23(19)26(24)25-22/h4-14H,1-3H3. The highest BCUT2D eigenvalue weighted by Gasteiger charge is 2.14. The molecule has 0 amide bonds. The van der Waals surface area contributed by atoms with Crippen molar-refractivity contribution in [3.8, 4) is 11.3 Å². The van der Waals surface area contributed by atoms with Gasteiger partial charge >= 0.3 is 0 Å². The van der Waals surface area contributed by atoms with Crippen molar-refractivity contribution in [3.05, 3.63) is 83.4 Å². The summed E-state index contributed by atoms with van der Waals surface area (Å²) in [6.45, 7) is 6.51. The summed E-state index contributed by atoms with van der Waals surface area (Å²) < 4.78 is 2.11. The minimum atomic E-state index is 1.03. The third kappa shape index (κ3) is 2.08. The highest BCUT2D eigenvalue weighted by Crippen LogP contribution is 2.34. The molecular weight excluding hydrogens is 316 g/mol. The Morgan fingerprint density at radius 1 is 0.615 bits per heavy atom. The van der Waals surface area contributed by atoms with Crippen molar-refractivity contribution in [2.24, 2.45) is 0 Å². The van der Waals surface area contributed by atoms with Gasteiger partial charge in [0.2, 0.25) is 0 Å². The molecule has 0 N–H and O–H groups in total. The van der Waals surface area contributed by atoms with Crippen LogP contribution in [-0.2, 0) is 0 Å². The van der Waals surface area contributed by atoms with Crippen molar-refractivity contribution in [3.63, 3.8) is 0 Å². The average molecular weight is 336 g/mol. The molecule has 0 atom stereocenters. The van der Waals surface area contributed by atoms with E-state index in [1.54, 1.807) is 0 Å². The monoisotopic (exact) mass is 336 g/mol. The fraction of sp³-hybridized carbons (Fsp3) is 0.125. The van der Waals surface area contributed by atoms with Crippen LogP contribution in [0.25, 0.3) is 38.4 Å². The molecule has 0 fully saturated rings. The smallest absolute Gasteiger partial charge is 0.0936 e. The van der Waals surface area contributed by atoms with Gasteiger partial charge in [0, 0.05) is 16.3 Å². The van der Waals surface area contributed by atoms with Crippen LogP contribution in [0.4, 0.5) is 0 Å². The van der Waals surface area contributed by atoms with Gasteiger partial charge in [0.15, 0.2) is 0 Å². The highest BCUT2D eigenvalue weighted by molar-refractivity contribution is 6.13. The molecule has 0 bridgehead atoms. The Labute approximate surface area is 152 Å². The van der Waals surface area contributed by atoms with Gasteiger partial charge in [0.1, 0.15) is 0 Å². The maximum Gasteiger partial charge on any atom is 0.0936 e. The molecule has 26 heavy (non-hydrogen) atoms. The Morgan fingerprint density at radius 3 is 2.12 bits per heavy atom. The summed E-state index contributed by atoms with van der Waals surface area (Å²) in [5, 5.41) is 8.80. The summed E-state index contributed by atoms with van der Waals surface area (Å²) in [6.07, 6.45) is 0. The molecule has 0 unspecified atom stereocenters. The molecular formula is C24H20N2. The van der Waals surface area contributed by atoms with E-state index in [0.717, 1.165) is 11.2 Å². The minimum Gasteiger partial charge on any atom is -0.232 e. The zero-order valence-corrected chi connectivity index (χ0v) is 15.2. The number of aryl methyl sites for hydroxylation is 3. The maximum absolute atomic E-state index is 4.99. The van der Waals surface area contributed by atoms with E-state index in [1.807, 2.05) is 0 Å². The first kappa shape index (κ1) is 15.2. The number of nitrogens with zero attached hydrogens (tertiary/aromatic N) is 2. The summed E-state index contributed by atoms with van der Waals surface area (Å²) in [6, 6.07) is 23.8. The van der Waals surface area contributed by atoms with E-state index in [2.05, 4.69) is 92.0 Å². The van der Waals surface area contributed by atoms with Crippen molar-refractivity contribution < 1.29 is 0 Å². The van der Waals surface area contributed by atoms with Gasteiger partial charge in [-0.3, -0.25) is 0 Å². The van der Waals surface area contributed by atoms with Crippen LogP contribution in [-0.4, -0.2) is 9.61 Å². The van der Waals surface area contributed by atoms with Crippen LogP contribution in [0.2, 0.25) is 0 Å². The number of fused-ring (bicyclic) bond motifs is 6. The van der Waals surface area contributed by atoms with Gasteiger partial charge in [-0.2, -0.15) is 5.10 Å². The van der Waals surface area contributed by atoms with Crippen LogP contribution in [0.5, 0.6) is 0 Å². The van der Waals surface area contributed by atoms with Crippen LogP contribution < -0.4 is 0 Å². The van der Waals surface area contributed by atoms with Crippen LogP contribution in [0.3, 0.4) is 0 Å². The van der Waals surface area contributed by atoms with E-state index in [-0.39, 0.29) is 0 Å². The van der Waals surface area contributed by atoms with E-state index in [0.29, 0.717) is 0 Å². The van der Waals surface area contributed by atoms with Crippen molar-refractivity contribution >= 4 is 27.2 Å². The number of hydrogen-bond donors (Lipinski definition) is 0. The number of para-hydroxylation sites is 1. The fourth-order valence-corrected chi connectivity index (χ4v) is 3.89. The van der Waals surface area contributed by atoms with Gasteiger partial charge in [0.05, 0.1) is 16.7 Å². The summed E-state index contributed by atoms with van der Waals surface area (Å²) in [4.78, 5) is 0. The topological polar surface area (TPSA) is 17.3 Å². The molecule has 2 heteroatoms. The highest BCUT2D eigenvalue weighted by atomic mass is 15.2. The van der Waals surface area contributed by atoms with Crippen molar-refractivity contribution in [1.82, 2.24) is 9.61 Å². The molecule has 0 aliphatic rings. The molecule has 0 aliphatic carbocycles. The van der Waals surface area contributed by atoms with Gasteiger partial charge in [-0.1, -0.05) is 48.5 Å². The first-order valence-electron chi connectivity index (χ1n) is 9.01. The van der Waals surface area contributed by atoms with Gasteiger partial charge in [-0.15, -0.1) is 0 Å². The molecule has 0 radical (unpaired) electrons. The van der Waals surface area contributed by atoms with Gasteiger partial charge in [-0.25, -0.2) is 4.52 Å². The van der Waals surface area contributed by atoms with Gasteiger partial charge < -0.3 is 0 Å². The summed E-state index contributed by atoms with van der Waals surface area (Å²) in [5.41, 5.74) is 8.42. The first-order chi connectivity index (χ1) is 12.6. The molecule has 0 spiro atoms. The van der Waals surface area contributed by atoms with Crippen LogP contribution in [0.1, 0.15) is 16.7 Å². The molecule has 0 saturated heterocycles. The lowest BCUT2D eigenvalue weighted by Gasteiger charge is -2.10. The fourth-order valence-electron chi connectivity index (χ4n) is 3.89. The molecule has 0 saturated carbocycles. The Balaban J connectivity index is 1.99. The molecule has 2 aromatic heterocycles. The third-order valence-electron chi connectivity index (χ3n) is 5.46. The SMILES string of the molecule is Cc1cc2c3ccccc3n3nc(-c4ccccc4C)cc3c2cc1C. The molecule has 2 heterocycles. The van der Waals surface area contributed by atoms with Gasteiger partial charge in [0.25, 0.3) is 0 Å². The molecule has 5 rings (SSSR count). The zero-order chi connectivity index (χ0) is 17.8. The number of pyridine rings is 1. The van der Waals surface area contributed by atoms with Crippen LogP contribution >= 0.6 is 0 Å². The summed E-state index contributed by atoms with van der Waals surface area (Å²) >= 11 is 0. The predicted octanol–water partition coefficient (Wildman–Crippen LogP) is 6.23. The molecule has 126 valence electrons. The van der Waals surface area contributed by atoms with Crippen molar-refractivity contribution in [2.75, 3.05) is 0 Å². The zero-order valence-electron chi connectivity index (χ0n) is 15.2. The minimum absolute atomic E-state index is 1.03. The molecule has 3 aromatic carbocycles. The third-order valence-corrected chi connectivity index (χ3v) is 5.46. The lowest BCUT2D eigenvalue weighted by molar-refractivity contribution is 1.01. The van der Waals surface area contributed by atoms with E-state index >= 15 is 0 Å². The average Bonchev–Trinajstić information content (AvgIpc) is 3.09. The van der Waals surface area contributed by atoms with E-state index in [1.165, 1.54) is 43.9 Å². The Kier molecular flexibility index (Phi) is 3.17. The molecule has 2 nitrogen and oxygen atoms in total. The summed E-state index contributed by atoms with van der Waals surface area (Å²) in [5.74, 6) is 0. The van der Waals surface area contributed by atoms with E-state index in [9.17, 15) is 0 Å². The lowest BCUT2D eigenvalue weighted by Crippen LogP contribution is -1.94. The van der Waals surface area contributed by atoms with Crippen molar-refractivity contribution in [1.29, 1.82) is 0 Å². The second-order valence-corrected chi connectivity index (χ2v) is 7.14. The normalized spacial score (nSPS) is 11.7. The lowest BCUT2D eigenvalue weighted by atomic mass is 9.99. The van der Waals surface area contributed by atoms with Crippen LogP contribution in [0.15, 0.2) is 66.7 Å². The summed E-state index contributed by atoms with van der Waals surface area (Å²) in [7, 11) is 0. The predicted molar refractivity (Wildman–Crippen MR) is 110 cm³/mol. The number of benzene rings is 3. The Bertz CT molecular complexity index is 1310. The second kappa shape index (κ2) is 5.43. The Morgan fingerprint density at radius 2 is 1.31 bits per heavy atom. The van der Waals surface area contributed by atoms with Crippen LogP contribution in [0, 0.1) is 20.8 Å². The molecule has 0 aliphatic heterocycles. The number of rotatable bonds is 1.